The van der Waals surface area contributed by atoms with Crippen LogP contribution in [0.3, 0.4) is 0 Å². The van der Waals surface area contributed by atoms with Gasteiger partial charge < -0.3 is 16.0 Å². The van der Waals surface area contributed by atoms with Gasteiger partial charge in [-0.2, -0.15) is 5.56 Å². The zero-order chi connectivity index (χ0) is 28.9. The van der Waals surface area contributed by atoms with Crippen molar-refractivity contribution in [2.24, 2.45) is 0 Å². The fourth-order valence-electron chi connectivity index (χ4n) is 4.62. The number of hydrogen-bond acceptors (Lipinski definition) is 4. The second-order valence-electron chi connectivity index (χ2n) is 10.9. The van der Waals surface area contributed by atoms with E-state index in [9.17, 15) is 0 Å². The van der Waals surface area contributed by atoms with Crippen molar-refractivity contribution in [1.29, 1.82) is 0 Å². The number of benzene rings is 4. The molecule has 4 aromatic carbocycles. The third kappa shape index (κ3) is 8.65. The molecule has 0 unspecified atom stereocenters. The SMILES string of the molecule is CC(C)(C)c1ccnc(-c2[c-]cccc2)n1.[B].[Ir].[Y].[c-]1ccc(-c2[c-]nc3c(ccc4ccccc43)c2)[c-]c1-c1ccccn1. The Balaban J connectivity index is 0.000000254. The Bertz CT molecular complexity index is 1980. The molecule has 0 saturated heterocycles. The summed E-state index contributed by atoms with van der Waals surface area (Å²) < 4.78 is 0. The molecule has 3 heterocycles. The first kappa shape index (κ1) is 36.1. The van der Waals surface area contributed by atoms with Crippen molar-refractivity contribution in [1.82, 2.24) is 19.9 Å². The van der Waals surface area contributed by atoms with Crippen molar-refractivity contribution in [2.45, 2.75) is 26.2 Å². The fourth-order valence-corrected chi connectivity index (χ4v) is 4.62. The van der Waals surface area contributed by atoms with E-state index < -0.39 is 0 Å². The van der Waals surface area contributed by atoms with Gasteiger partial charge in [0.25, 0.3) is 0 Å². The number of aromatic nitrogens is 4. The minimum Gasteiger partial charge on any atom is -0.352 e. The van der Waals surface area contributed by atoms with Gasteiger partial charge in [-0.15, -0.1) is 48.0 Å². The van der Waals surface area contributed by atoms with Crippen LogP contribution in [0.4, 0.5) is 0 Å². The Hall–Kier alpha value is -3.40. The molecule has 45 heavy (non-hydrogen) atoms. The Morgan fingerprint density at radius 2 is 1.44 bits per heavy atom. The van der Waals surface area contributed by atoms with E-state index in [1.54, 1.807) is 6.20 Å². The zero-order valence-electron chi connectivity index (χ0n) is 25.2. The Labute approximate surface area is 306 Å². The molecule has 0 amide bonds. The molecule has 5 radical (unpaired) electrons. The van der Waals surface area contributed by atoms with E-state index in [2.05, 4.69) is 95.4 Å². The van der Waals surface area contributed by atoms with Crippen LogP contribution in [-0.4, -0.2) is 28.3 Å². The summed E-state index contributed by atoms with van der Waals surface area (Å²) >= 11 is 0. The molecule has 0 atom stereocenters. The van der Waals surface area contributed by atoms with Crippen LogP contribution in [0.15, 0.2) is 116 Å². The summed E-state index contributed by atoms with van der Waals surface area (Å²) in [5.41, 5.74) is 6.56. The third-order valence-corrected chi connectivity index (χ3v) is 6.84. The minimum atomic E-state index is 0. The molecule has 4 nitrogen and oxygen atoms in total. The van der Waals surface area contributed by atoms with E-state index in [-0.39, 0.29) is 66.6 Å². The molecule has 0 bridgehead atoms. The van der Waals surface area contributed by atoms with E-state index in [1.165, 1.54) is 5.39 Å². The first-order valence-electron chi connectivity index (χ1n) is 13.8. The van der Waals surface area contributed by atoms with Gasteiger partial charge in [-0.1, -0.05) is 74.3 Å². The third-order valence-electron chi connectivity index (χ3n) is 6.84. The number of hydrogen-bond donors (Lipinski definition) is 0. The number of pyridine rings is 2. The van der Waals surface area contributed by atoms with Crippen LogP contribution in [0, 0.1) is 24.4 Å². The number of rotatable bonds is 3. The summed E-state index contributed by atoms with van der Waals surface area (Å²) in [7, 11) is 0. The van der Waals surface area contributed by atoms with Crippen LogP contribution >= 0.6 is 0 Å². The van der Waals surface area contributed by atoms with Crippen LogP contribution in [0.5, 0.6) is 0 Å². The van der Waals surface area contributed by atoms with Crippen molar-refractivity contribution >= 4 is 30.1 Å². The van der Waals surface area contributed by atoms with Crippen molar-refractivity contribution in [3.05, 3.63) is 146 Å². The Kier molecular flexibility index (Phi) is 13.0. The average molecular weight is 833 g/mol. The summed E-state index contributed by atoms with van der Waals surface area (Å²) in [5, 5.41) is 3.43. The Morgan fingerprint density at radius 1 is 0.667 bits per heavy atom. The van der Waals surface area contributed by atoms with Gasteiger partial charge in [0.1, 0.15) is 0 Å². The molecule has 0 aliphatic heterocycles. The summed E-state index contributed by atoms with van der Waals surface area (Å²) in [4.78, 5) is 17.8. The number of fused-ring (bicyclic) bond motifs is 3. The van der Waals surface area contributed by atoms with Crippen LogP contribution in [0.25, 0.3) is 55.4 Å². The largest absolute Gasteiger partial charge is 0.352 e. The molecule has 219 valence electrons. The molecular weight excluding hydrogens is 804 g/mol. The molecule has 0 spiro atoms. The molecule has 7 aromatic rings. The second-order valence-corrected chi connectivity index (χ2v) is 10.9. The van der Waals surface area contributed by atoms with E-state index in [1.807, 2.05) is 79.0 Å². The van der Waals surface area contributed by atoms with E-state index in [0.29, 0.717) is 0 Å². The molecule has 0 N–H and O–H groups in total. The van der Waals surface area contributed by atoms with Gasteiger partial charge in [0.2, 0.25) is 0 Å². The molecule has 3 aromatic heterocycles. The van der Waals surface area contributed by atoms with Crippen LogP contribution in [0.2, 0.25) is 0 Å². The molecule has 0 fully saturated rings. The topological polar surface area (TPSA) is 51.6 Å². The van der Waals surface area contributed by atoms with Gasteiger partial charge in [-0.05, 0) is 34.6 Å². The van der Waals surface area contributed by atoms with Crippen LogP contribution < -0.4 is 0 Å². The monoisotopic (exact) mass is 833 g/mol. The minimum absolute atomic E-state index is 0. The van der Waals surface area contributed by atoms with Crippen LogP contribution in [-0.2, 0) is 58.2 Å². The molecule has 7 heteroatoms. The fraction of sp³-hybridized carbons (Fsp3) is 0.105. The standard InChI is InChI=1S/C24H13N2.C14H15N2.B.Ir.Y/c1-2-9-22-17(6-1)11-12-20-15-21(16-26-24(20)22)18-7-5-8-19(14-18)23-10-3-4-13-25-23;1-14(2,3)12-9-10-15-13(16-12)11-7-5-4-6-8-11;;;/h1-7,9-13,15H;4-7,9-10H,1-3H3;;;/q-3;-1;;;. The molecule has 0 saturated carbocycles. The molecule has 0 aliphatic carbocycles. The van der Waals surface area contributed by atoms with Crippen molar-refractivity contribution < 1.29 is 52.8 Å². The van der Waals surface area contributed by atoms with Gasteiger partial charge in [0.05, 0.1) is 5.82 Å². The maximum Gasteiger partial charge on any atom is 0.0751 e. The quantitative estimate of drug-likeness (QED) is 0.102. The predicted octanol–water partition coefficient (Wildman–Crippen LogP) is 8.37. The second kappa shape index (κ2) is 16.2. The maximum atomic E-state index is 4.62. The van der Waals surface area contributed by atoms with Crippen LogP contribution in [0.1, 0.15) is 26.5 Å². The van der Waals surface area contributed by atoms with E-state index in [4.69, 9.17) is 0 Å². The van der Waals surface area contributed by atoms with Gasteiger partial charge in [-0.25, -0.2) is 6.07 Å². The maximum absolute atomic E-state index is 4.62. The van der Waals surface area contributed by atoms with Crippen molar-refractivity contribution in [2.75, 3.05) is 0 Å². The summed E-state index contributed by atoms with van der Waals surface area (Å²) in [5.74, 6) is 0.744. The first-order valence-corrected chi connectivity index (χ1v) is 13.8. The van der Waals surface area contributed by atoms with E-state index in [0.717, 1.165) is 55.8 Å². The van der Waals surface area contributed by atoms with E-state index >= 15 is 0 Å². The average Bonchev–Trinajstić information content (AvgIpc) is 3.05. The van der Waals surface area contributed by atoms with Gasteiger partial charge in [0.15, 0.2) is 0 Å². The van der Waals surface area contributed by atoms with Gasteiger partial charge in [-0.3, -0.25) is 33.2 Å². The summed E-state index contributed by atoms with van der Waals surface area (Å²) in [6, 6.07) is 43.8. The van der Waals surface area contributed by atoms with Gasteiger partial charge >= 0.3 is 0 Å². The molecular formula is C38H28BIrN4Y-4. The van der Waals surface area contributed by atoms with Crippen molar-refractivity contribution in [3.8, 4) is 33.8 Å². The first-order chi connectivity index (χ1) is 20.5. The van der Waals surface area contributed by atoms with Gasteiger partial charge in [0, 0.05) is 84.7 Å². The molecule has 7 rings (SSSR count). The van der Waals surface area contributed by atoms with Crippen molar-refractivity contribution in [3.63, 3.8) is 0 Å². The summed E-state index contributed by atoms with van der Waals surface area (Å²) in [6.07, 6.45) is 6.77. The molecule has 0 aliphatic rings. The summed E-state index contributed by atoms with van der Waals surface area (Å²) in [6.45, 7) is 6.44. The zero-order valence-corrected chi connectivity index (χ0v) is 30.5. The Morgan fingerprint density at radius 3 is 2.20 bits per heavy atom. The number of nitrogens with zero attached hydrogens (tertiary/aromatic N) is 4. The smallest absolute Gasteiger partial charge is 0.0751 e. The predicted molar refractivity (Wildman–Crippen MR) is 175 cm³/mol. The normalized spacial score (nSPS) is 10.5.